The predicted octanol–water partition coefficient (Wildman–Crippen LogP) is 4.58. The molecule has 4 heterocycles. The number of amides is 1. The molecule has 0 aliphatic carbocycles. The van der Waals surface area contributed by atoms with Gasteiger partial charge in [0.05, 0.1) is 5.69 Å². The smallest absolute Gasteiger partial charge is 0.266 e. The van der Waals surface area contributed by atoms with Crippen LogP contribution in [0.3, 0.4) is 0 Å². The number of hydrogen-bond acceptors (Lipinski definition) is 3. The molecule has 4 rings (SSSR count). The van der Waals surface area contributed by atoms with E-state index in [1.54, 1.807) is 6.20 Å². The Balaban J connectivity index is 1.86. The molecule has 3 aromatic heterocycles. The minimum atomic E-state index is 0.150. The Hall–Kier alpha value is -2.14. The fraction of sp³-hybridized carbons (Fsp3) is 0.400. The van der Waals surface area contributed by atoms with Crippen LogP contribution in [0.25, 0.3) is 15.9 Å². The van der Waals surface area contributed by atoms with E-state index in [-0.39, 0.29) is 5.91 Å². The van der Waals surface area contributed by atoms with Gasteiger partial charge in [-0.05, 0) is 56.9 Å². The Morgan fingerprint density at radius 2 is 1.84 bits per heavy atom. The van der Waals surface area contributed by atoms with Crippen molar-refractivity contribution in [3.63, 3.8) is 0 Å². The van der Waals surface area contributed by atoms with Gasteiger partial charge in [0.25, 0.3) is 5.91 Å². The Kier molecular flexibility index (Phi) is 4.12. The van der Waals surface area contributed by atoms with Gasteiger partial charge in [0, 0.05) is 36.1 Å². The molecular formula is C20H23N3OS. The second-order valence-electron chi connectivity index (χ2n) is 7.06. The van der Waals surface area contributed by atoms with Gasteiger partial charge in [-0.25, -0.2) is 4.98 Å². The minimum absolute atomic E-state index is 0.150. The number of aryl methyl sites for hydroxylation is 2. The summed E-state index contributed by atoms with van der Waals surface area (Å²) in [6.45, 7) is 8.14. The molecule has 3 aromatic rings. The summed E-state index contributed by atoms with van der Waals surface area (Å²) in [7, 11) is 0. The molecule has 1 saturated heterocycles. The first-order valence-corrected chi connectivity index (χ1v) is 9.70. The van der Waals surface area contributed by atoms with Crippen molar-refractivity contribution in [1.82, 2.24) is 14.5 Å². The number of fused-ring (bicyclic) bond motifs is 1. The van der Waals surface area contributed by atoms with Gasteiger partial charge >= 0.3 is 0 Å². The van der Waals surface area contributed by atoms with E-state index in [1.807, 2.05) is 11.0 Å². The van der Waals surface area contributed by atoms with E-state index in [4.69, 9.17) is 0 Å². The van der Waals surface area contributed by atoms with Crippen LogP contribution in [0.15, 0.2) is 30.5 Å². The van der Waals surface area contributed by atoms with Crippen LogP contribution in [0.5, 0.6) is 0 Å². The number of piperidine rings is 1. The number of rotatable bonds is 2. The molecule has 0 aromatic carbocycles. The number of thiophene rings is 1. The molecule has 4 nitrogen and oxygen atoms in total. The normalized spacial score (nSPS) is 15.9. The SMILES string of the molecule is Cc1ccc(C)n1-c1c(C(=O)N2CCC(C)CC2)sc2ncccc12. The van der Waals surface area contributed by atoms with Crippen molar-refractivity contribution < 1.29 is 4.79 Å². The maximum absolute atomic E-state index is 13.3. The number of aromatic nitrogens is 2. The Morgan fingerprint density at radius 3 is 2.52 bits per heavy atom. The minimum Gasteiger partial charge on any atom is -0.338 e. The highest BCUT2D eigenvalue weighted by molar-refractivity contribution is 7.21. The number of carbonyl (C=O) groups excluding carboxylic acids is 1. The maximum atomic E-state index is 13.3. The lowest BCUT2D eigenvalue weighted by Crippen LogP contribution is -2.37. The molecule has 0 unspecified atom stereocenters. The van der Waals surface area contributed by atoms with Crippen LogP contribution >= 0.6 is 11.3 Å². The zero-order chi connectivity index (χ0) is 17.6. The second-order valence-corrected chi connectivity index (χ2v) is 8.06. The summed E-state index contributed by atoms with van der Waals surface area (Å²) in [5.41, 5.74) is 3.28. The van der Waals surface area contributed by atoms with Crippen molar-refractivity contribution in [2.75, 3.05) is 13.1 Å². The van der Waals surface area contributed by atoms with E-state index in [0.29, 0.717) is 5.92 Å². The van der Waals surface area contributed by atoms with Crippen LogP contribution in [0.2, 0.25) is 0 Å². The van der Waals surface area contributed by atoms with Gasteiger partial charge < -0.3 is 9.47 Å². The van der Waals surface area contributed by atoms with E-state index in [0.717, 1.165) is 58.1 Å². The lowest BCUT2D eigenvalue weighted by Gasteiger charge is -2.30. The standard InChI is InChI=1S/C20H23N3OS/c1-13-8-11-22(12-9-13)20(24)18-17(23-14(2)6-7-15(23)3)16-5-4-10-21-19(16)25-18/h4-7,10,13H,8-9,11-12H2,1-3H3. The van der Waals surface area contributed by atoms with E-state index in [1.165, 1.54) is 11.3 Å². The Bertz CT molecular complexity index is 912. The number of nitrogens with zero attached hydrogens (tertiary/aromatic N) is 3. The monoisotopic (exact) mass is 353 g/mol. The highest BCUT2D eigenvalue weighted by Crippen LogP contribution is 2.36. The summed E-state index contributed by atoms with van der Waals surface area (Å²) in [5.74, 6) is 0.860. The molecule has 0 N–H and O–H groups in total. The van der Waals surface area contributed by atoms with E-state index < -0.39 is 0 Å². The van der Waals surface area contributed by atoms with E-state index in [9.17, 15) is 4.79 Å². The van der Waals surface area contributed by atoms with Crippen molar-refractivity contribution in [3.05, 3.63) is 46.7 Å². The molecule has 0 spiro atoms. The largest absolute Gasteiger partial charge is 0.338 e. The molecule has 1 aliphatic rings. The first-order chi connectivity index (χ1) is 12.1. The summed E-state index contributed by atoms with van der Waals surface area (Å²) >= 11 is 1.52. The van der Waals surface area contributed by atoms with Gasteiger partial charge in [0.1, 0.15) is 9.71 Å². The van der Waals surface area contributed by atoms with Crippen molar-refractivity contribution in [2.24, 2.45) is 5.92 Å². The number of likely N-dealkylation sites (tertiary alicyclic amines) is 1. The van der Waals surface area contributed by atoms with Crippen LogP contribution in [-0.4, -0.2) is 33.4 Å². The topological polar surface area (TPSA) is 38.1 Å². The second kappa shape index (κ2) is 6.30. The fourth-order valence-corrected chi connectivity index (χ4v) is 4.76. The lowest BCUT2D eigenvalue weighted by molar-refractivity contribution is 0.0702. The summed E-state index contributed by atoms with van der Waals surface area (Å²) in [5, 5.41) is 1.06. The first kappa shape index (κ1) is 16.3. The number of carbonyl (C=O) groups is 1. The predicted molar refractivity (Wildman–Crippen MR) is 103 cm³/mol. The molecule has 1 amide bonds. The third-order valence-corrected chi connectivity index (χ3v) is 6.29. The van der Waals surface area contributed by atoms with Gasteiger partial charge in [0.2, 0.25) is 0 Å². The highest BCUT2D eigenvalue weighted by Gasteiger charge is 2.28. The van der Waals surface area contributed by atoms with Crippen LogP contribution < -0.4 is 0 Å². The first-order valence-electron chi connectivity index (χ1n) is 8.88. The molecule has 0 radical (unpaired) electrons. The van der Waals surface area contributed by atoms with Crippen molar-refractivity contribution >= 4 is 27.5 Å². The van der Waals surface area contributed by atoms with Crippen molar-refractivity contribution in [2.45, 2.75) is 33.6 Å². The lowest BCUT2D eigenvalue weighted by atomic mass is 9.99. The molecule has 130 valence electrons. The van der Waals surface area contributed by atoms with Gasteiger partial charge in [0.15, 0.2) is 0 Å². The maximum Gasteiger partial charge on any atom is 0.266 e. The van der Waals surface area contributed by atoms with E-state index >= 15 is 0 Å². The highest BCUT2D eigenvalue weighted by atomic mass is 32.1. The van der Waals surface area contributed by atoms with Gasteiger partial charge in [-0.3, -0.25) is 4.79 Å². The van der Waals surface area contributed by atoms with Gasteiger partial charge in [-0.2, -0.15) is 0 Å². The van der Waals surface area contributed by atoms with Crippen LogP contribution in [0.1, 0.15) is 40.8 Å². The molecular weight excluding hydrogens is 330 g/mol. The van der Waals surface area contributed by atoms with Crippen molar-refractivity contribution in [1.29, 1.82) is 0 Å². The molecule has 0 saturated carbocycles. The molecule has 0 bridgehead atoms. The number of pyridine rings is 1. The molecule has 25 heavy (non-hydrogen) atoms. The Morgan fingerprint density at radius 1 is 1.16 bits per heavy atom. The van der Waals surface area contributed by atoms with Crippen LogP contribution in [0.4, 0.5) is 0 Å². The molecule has 0 atom stereocenters. The summed E-state index contributed by atoms with van der Waals surface area (Å²) in [4.78, 5) is 21.6. The van der Waals surface area contributed by atoms with Gasteiger partial charge in [-0.15, -0.1) is 11.3 Å². The zero-order valence-corrected chi connectivity index (χ0v) is 15.8. The number of hydrogen-bond donors (Lipinski definition) is 0. The summed E-state index contributed by atoms with van der Waals surface area (Å²) in [6.07, 6.45) is 3.98. The third kappa shape index (κ3) is 2.76. The molecule has 5 heteroatoms. The van der Waals surface area contributed by atoms with Gasteiger partial charge in [-0.1, -0.05) is 6.92 Å². The summed E-state index contributed by atoms with van der Waals surface area (Å²) in [6, 6.07) is 8.23. The third-order valence-electron chi connectivity index (χ3n) is 5.20. The Labute approximate surface area is 152 Å². The van der Waals surface area contributed by atoms with Crippen LogP contribution in [-0.2, 0) is 0 Å². The average Bonchev–Trinajstić information content (AvgIpc) is 3.15. The summed E-state index contributed by atoms with van der Waals surface area (Å²) < 4.78 is 2.19. The van der Waals surface area contributed by atoms with E-state index in [2.05, 4.69) is 48.5 Å². The zero-order valence-electron chi connectivity index (χ0n) is 15.0. The van der Waals surface area contributed by atoms with Crippen LogP contribution in [0, 0.1) is 19.8 Å². The average molecular weight is 353 g/mol. The molecule has 1 fully saturated rings. The fourth-order valence-electron chi connectivity index (χ4n) is 3.66. The van der Waals surface area contributed by atoms with Crippen molar-refractivity contribution in [3.8, 4) is 5.69 Å². The quantitative estimate of drug-likeness (QED) is 0.676. The molecule has 1 aliphatic heterocycles.